The van der Waals surface area contributed by atoms with E-state index in [1.165, 1.54) is 0 Å². The van der Waals surface area contributed by atoms with Crippen LogP contribution < -0.4 is 16.0 Å². The van der Waals surface area contributed by atoms with Crippen molar-refractivity contribution in [2.75, 3.05) is 19.8 Å². The molecule has 4 atom stereocenters. The molecule has 1 aliphatic heterocycles. The van der Waals surface area contributed by atoms with Crippen LogP contribution in [0.4, 0.5) is 4.79 Å². The van der Waals surface area contributed by atoms with Gasteiger partial charge in [-0.1, -0.05) is 121 Å². The molecule has 2 aliphatic rings. The van der Waals surface area contributed by atoms with E-state index in [0.717, 1.165) is 27.8 Å². The van der Waals surface area contributed by atoms with Gasteiger partial charge in [0.2, 0.25) is 11.8 Å². The molecule has 0 saturated heterocycles. The first kappa shape index (κ1) is 37.0. The fourth-order valence-corrected chi connectivity index (χ4v) is 6.98. The summed E-state index contributed by atoms with van der Waals surface area (Å²) in [5.41, 5.74) is 6.02. The molecule has 274 valence electrons. The largest absolute Gasteiger partial charge is 0.454 e. The van der Waals surface area contributed by atoms with E-state index in [1.54, 1.807) is 12.1 Å². The molecule has 0 spiro atoms. The monoisotopic (exact) mass is 715 g/mol. The number of fused-ring (bicyclic) bond motifs is 3. The molecule has 0 unspecified atom stereocenters. The van der Waals surface area contributed by atoms with E-state index in [-0.39, 0.29) is 56.8 Å². The first-order chi connectivity index (χ1) is 25.9. The minimum absolute atomic E-state index is 0.0403. The lowest BCUT2D eigenvalue weighted by Gasteiger charge is -2.24. The molecule has 10 nitrogen and oxygen atoms in total. The lowest BCUT2D eigenvalue weighted by atomic mass is 9.98. The highest BCUT2D eigenvalue weighted by Gasteiger charge is 2.31. The number of rotatable bonds is 10. The van der Waals surface area contributed by atoms with Crippen LogP contribution in [0.2, 0.25) is 0 Å². The number of allylic oxidation sites excluding steroid dienone is 2. The first-order valence-electron chi connectivity index (χ1n) is 18.1. The number of hydrogen-bond donors (Lipinski definition) is 4. The van der Waals surface area contributed by atoms with Crippen LogP contribution in [0.3, 0.4) is 0 Å². The van der Waals surface area contributed by atoms with Crippen LogP contribution in [0.1, 0.15) is 60.0 Å². The second-order valence-corrected chi connectivity index (χ2v) is 13.4. The summed E-state index contributed by atoms with van der Waals surface area (Å²) in [6, 6.07) is 33.2. The number of carbonyl (C=O) groups is 4. The Morgan fingerprint density at radius 2 is 1.49 bits per heavy atom. The van der Waals surface area contributed by atoms with E-state index >= 15 is 0 Å². The Balaban J connectivity index is 1.12. The molecule has 0 saturated carbocycles. The van der Waals surface area contributed by atoms with Gasteiger partial charge < -0.3 is 30.5 Å². The number of ether oxygens (including phenoxy) is 2. The quantitative estimate of drug-likeness (QED) is 0.121. The standard InChI is InChI=1S/C43H45N3O7/c47-27-32(24-29-14-4-1-5-15-29)45-40(48)25-31-18-8-3-9-23-38(42(50)53-39(26-44-41(31)49)30-16-6-2-7-17-30)46-43(51)52-28-37-35-21-12-10-19-33(35)34-20-11-13-22-36(34)37/h1-8,10-17,19-22,31-32,37-39,47H,9,18,23-28H2,(H,44,49)(H,45,48)(H,46,51)/t31-,32-,38+,39-/m1/s1. The van der Waals surface area contributed by atoms with Crippen LogP contribution in [0, 0.1) is 5.92 Å². The van der Waals surface area contributed by atoms with Crippen molar-refractivity contribution in [3.8, 4) is 11.1 Å². The van der Waals surface area contributed by atoms with Gasteiger partial charge in [0.25, 0.3) is 0 Å². The Morgan fingerprint density at radius 1 is 0.849 bits per heavy atom. The zero-order valence-corrected chi connectivity index (χ0v) is 29.5. The topological polar surface area (TPSA) is 143 Å². The maximum Gasteiger partial charge on any atom is 0.407 e. The average molecular weight is 716 g/mol. The summed E-state index contributed by atoms with van der Waals surface area (Å²) in [5, 5.41) is 18.4. The Kier molecular flexibility index (Phi) is 12.7. The lowest BCUT2D eigenvalue weighted by molar-refractivity contribution is -0.152. The number of cyclic esters (lactones) is 1. The molecule has 0 radical (unpaired) electrons. The van der Waals surface area contributed by atoms with Gasteiger partial charge >= 0.3 is 12.1 Å². The molecule has 3 amide bonds. The summed E-state index contributed by atoms with van der Waals surface area (Å²) >= 11 is 0. The molecule has 4 aromatic rings. The van der Waals surface area contributed by atoms with Gasteiger partial charge in [-0.2, -0.15) is 0 Å². The van der Waals surface area contributed by atoms with Crippen molar-refractivity contribution in [1.29, 1.82) is 0 Å². The highest BCUT2D eigenvalue weighted by molar-refractivity contribution is 5.86. The minimum Gasteiger partial charge on any atom is -0.454 e. The Hall–Kier alpha value is -5.74. The molecule has 1 heterocycles. The van der Waals surface area contributed by atoms with Crippen molar-refractivity contribution < 1.29 is 33.8 Å². The highest BCUT2D eigenvalue weighted by Crippen LogP contribution is 2.44. The van der Waals surface area contributed by atoms with Crippen molar-refractivity contribution in [2.45, 2.75) is 56.2 Å². The van der Waals surface area contributed by atoms with Crippen LogP contribution in [0.25, 0.3) is 11.1 Å². The molecule has 0 fully saturated rings. The van der Waals surface area contributed by atoms with Gasteiger partial charge in [0.1, 0.15) is 18.8 Å². The second kappa shape index (κ2) is 18.1. The number of hydrogen-bond acceptors (Lipinski definition) is 7. The number of aliphatic hydroxyl groups is 1. The summed E-state index contributed by atoms with van der Waals surface area (Å²) in [6.45, 7) is -0.186. The minimum atomic E-state index is -1.01. The lowest BCUT2D eigenvalue weighted by Crippen LogP contribution is -2.44. The third kappa shape index (κ3) is 9.78. The third-order valence-corrected chi connectivity index (χ3v) is 9.73. The predicted molar refractivity (Wildman–Crippen MR) is 201 cm³/mol. The van der Waals surface area contributed by atoms with Gasteiger partial charge in [0.05, 0.1) is 25.1 Å². The number of aliphatic hydroxyl groups excluding tert-OH is 1. The van der Waals surface area contributed by atoms with Crippen LogP contribution in [-0.4, -0.2) is 60.8 Å². The van der Waals surface area contributed by atoms with Crippen molar-refractivity contribution in [2.24, 2.45) is 5.92 Å². The summed E-state index contributed by atoms with van der Waals surface area (Å²) in [6.07, 6.45) is 3.31. The average Bonchev–Trinajstić information content (AvgIpc) is 3.51. The number of esters is 1. The summed E-state index contributed by atoms with van der Waals surface area (Å²) in [5.74, 6) is -2.21. The van der Waals surface area contributed by atoms with Gasteiger partial charge in [0.15, 0.2) is 0 Å². The molecule has 4 aromatic carbocycles. The van der Waals surface area contributed by atoms with Crippen molar-refractivity contribution in [3.63, 3.8) is 0 Å². The maximum absolute atomic E-state index is 13.7. The third-order valence-electron chi connectivity index (χ3n) is 9.73. The van der Waals surface area contributed by atoms with E-state index < -0.39 is 36.2 Å². The van der Waals surface area contributed by atoms with Crippen molar-refractivity contribution in [3.05, 3.63) is 144 Å². The number of nitrogens with one attached hydrogen (secondary N) is 3. The molecular weight excluding hydrogens is 670 g/mol. The van der Waals surface area contributed by atoms with Gasteiger partial charge in [-0.05, 0) is 59.1 Å². The Bertz CT molecular complexity index is 1850. The van der Waals surface area contributed by atoms with E-state index in [2.05, 4.69) is 28.1 Å². The van der Waals surface area contributed by atoms with Crippen LogP contribution in [-0.2, 0) is 30.3 Å². The summed E-state index contributed by atoms with van der Waals surface area (Å²) < 4.78 is 11.7. The van der Waals surface area contributed by atoms with Crippen molar-refractivity contribution in [1.82, 2.24) is 16.0 Å². The first-order valence-corrected chi connectivity index (χ1v) is 18.1. The Morgan fingerprint density at radius 3 is 2.17 bits per heavy atom. The van der Waals surface area contributed by atoms with E-state index in [4.69, 9.17) is 9.47 Å². The van der Waals surface area contributed by atoms with E-state index in [9.17, 15) is 24.3 Å². The highest BCUT2D eigenvalue weighted by atomic mass is 16.6. The van der Waals surface area contributed by atoms with Gasteiger partial charge in [-0.25, -0.2) is 9.59 Å². The zero-order chi connectivity index (χ0) is 37.0. The number of alkyl carbamates (subject to hydrolysis) is 1. The predicted octanol–water partition coefficient (Wildman–Crippen LogP) is 5.76. The zero-order valence-electron chi connectivity index (χ0n) is 29.5. The van der Waals surface area contributed by atoms with Crippen LogP contribution in [0.15, 0.2) is 121 Å². The smallest absolute Gasteiger partial charge is 0.407 e. The molecule has 0 aromatic heterocycles. The molecule has 53 heavy (non-hydrogen) atoms. The molecule has 10 heteroatoms. The van der Waals surface area contributed by atoms with Gasteiger partial charge in [-0.3, -0.25) is 9.59 Å². The number of benzene rings is 4. The number of amides is 3. The van der Waals surface area contributed by atoms with Gasteiger partial charge in [0, 0.05) is 12.3 Å². The van der Waals surface area contributed by atoms with Crippen molar-refractivity contribution >= 4 is 23.9 Å². The molecule has 6 rings (SSSR count). The van der Waals surface area contributed by atoms with Gasteiger partial charge in [-0.15, -0.1) is 0 Å². The normalized spacial score (nSPS) is 19.5. The maximum atomic E-state index is 13.7. The SMILES string of the molecule is O=C(C[C@H]1CC=CCC[C@H](NC(=O)OCC2c3ccccc3-c3ccccc32)C(=O)O[C@@H](c2ccccc2)CNC1=O)N[C@@H](CO)Cc1ccccc1. The van der Waals surface area contributed by atoms with Crippen LogP contribution in [0.5, 0.6) is 0 Å². The molecule has 1 aliphatic carbocycles. The van der Waals surface area contributed by atoms with Crippen LogP contribution >= 0.6 is 0 Å². The summed E-state index contributed by atoms with van der Waals surface area (Å²) in [7, 11) is 0. The molecular formula is C43H45N3O7. The molecule has 0 bridgehead atoms. The Labute approximate surface area is 309 Å². The fourth-order valence-electron chi connectivity index (χ4n) is 6.98. The summed E-state index contributed by atoms with van der Waals surface area (Å²) in [4.78, 5) is 53.6. The second-order valence-electron chi connectivity index (χ2n) is 13.4. The molecule has 4 N–H and O–H groups in total. The number of carbonyl (C=O) groups excluding carboxylic acids is 4. The van der Waals surface area contributed by atoms with E-state index in [0.29, 0.717) is 18.4 Å². The van der Waals surface area contributed by atoms with E-state index in [1.807, 2.05) is 97.1 Å². The fraction of sp³-hybridized carbons (Fsp3) is 0.302.